The fourth-order valence-electron chi connectivity index (χ4n) is 11.1. The molecule has 0 unspecified atom stereocenters. The van der Waals surface area contributed by atoms with Crippen molar-refractivity contribution in [3.63, 3.8) is 0 Å². The van der Waals surface area contributed by atoms with Crippen LogP contribution >= 0.6 is 123 Å². The van der Waals surface area contributed by atoms with Crippen LogP contribution in [0.4, 0.5) is 71.7 Å². The molecule has 0 radical (unpaired) electrons. The van der Waals surface area contributed by atoms with Crippen LogP contribution in [0, 0.1) is 22.7 Å². The van der Waals surface area contributed by atoms with Gasteiger partial charge in [-0.25, -0.2) is 39.9 Å². The molecule has 4 saturated carbocycles. The Morgan fingerprint density at radius 1 is 0.449 bits per heavy atom. The van der Waals surface area contributed by atoms with Gasteiger partial charge in [-0.05, 0) is 121 Å². The lowest BCUT2D eigenvalue weighted by Gasteiger charge is -2.23. The summed E-state index contributed by atoms with van der Waals surface area (Å²) in [4.78, 5) is 36.5. The van der Waals surface area contributed by atoms with E-state index in [9.17, 15) is 39.5 Å². The van der Waals surface area contributed by atoms with Crippen LogP contribution in [0.5, 0.6) is 0 Å². The predicted molar refractivity (Wildman–Crippen MR) is 426 cm³/mol. The number of hydrogen-bond donors (Lipinski definition) is 9. The molecule has 4 aliphatic carbocycles. The summed E-state index contributed by atoms with van der Waals surface area (Å²) in [6.45, 7) is 3.25. The van der Waals surface area contributed by atoms with Gasteiger partial charge in [0.05, 0.1) is 57.2 Å². The Balaban J connectivity index is 0.000000233. The summed E-state index contributed by atoms with van der Waals surface area (Å²) in [6.07, 6.45) is 26.1. The van der Waals surface area contributed by atoms with Crippen LogP contribution in [0.3, 0.4) is 0 Å². The number of hydrogen-bond acceptors (Lipinski definition) is 24. The number of nitrogens with two attached hydrogens (primary N) is 2. The maximum Gasteiger partial charge on any atom is 0.418 e. The average molecular weight is 1780 g/mol. The number of piperidine rings is 1. The molecular formula is C69H89Br2Cl3F9N19S5. The van der Waals surface area contributed by atoms with Crippen LogP contribution in [-0.4, -0.2) is 83.2 Å². The molecule has 588 valence electrons. The van der Waals surface area contributed by atoms with E-state index in [1.165, 1.54) is 167 Å². The molecular weight excluding hydrogens is 1690 g/mol. The van der Waals surface area contributed by atoms with Crippen molar-refractivity contribution >= 4 is 156 Å². The second-order valence-corrected chi connectivity index (χ2v) is 33.4. The zero-order valence-electron chi connectivity index (χ0n) is 56.8. The summed E-state index contributed by atoms with van der Waals surface area (Å²) >= 11 is 29.8. The van der Waals surface area contributed by atoms with Gasteiger partial charge in [0, 0.05) is 95.1 Å². The molecule has 1 saturated heterocycles. The fourth-order valence-corrected chi connectivity index (χ4v) is 16.3. The molecule has 8 aromatic rings. The molecule has 0 amide bonds. The fraction of sp³-hybridized carbons (Fsp3) is 0.536. The average Bonchev–Trinajstić information content (AvgIpc) is 1.70. The quantitative estimate of drug-likeness (QED) is 0.0340. The van der Waals surface area contributed by atoms with Gasteiger partial charge in [-0.2, -0.15) is 50.0 Å². The number of rotatable bonds is 15. The summed E-state index contributed by atoms with van der Waals surface area (Å²) in [5.41, 5.74) is 8.50. The molecule has 13 rings (SSSR count). The number of nitrogens with one attached hydrogen (secondary N) is 7. The second kappa shape index (κ2) is 47.6. The predicted octanol–water partition coefficient (Wildman–Crippen LogP) is 22.5. The monoisotopic (exact) mass is 1780 g/mol. The number of nitrogens with zero attached hydrogens (tertiary/aromatic N) is 10. The molecule has 107 heavy (non-hydrogen) atoms. The SMILES string of the molecule is C.C.FC(F)(F)c1cc(Br)ncc1Cl.FC(F)(F)c1cc(NCc2cnc(NC3CCCCC3)s2)ncc1Cl.FC(F)(F)c1cc(NCc2cnc(N[C@@H]3CCCNC3)s2)ncc1Cl.N#Cc1cnc(Br)s1.N#Cc1cnc(NC2CCCCC2)s1.NC1CCCCC1.NCc1cnc(NC2CCCCC2)s1. The zero-order chi connectivity index (χ0) is 75.8. The largest absolute Gasteiger partial charge is 0.418 e. The van der Waals surface area contributed by atoms with Gasteiger partial charge in [0.15, 0.2) is 24.4 Å². The van der Waals surface area contributed by atoms with Crippen LogP contribution < -0.4 is 48.7 Å². The Morgan fingerprint density at radius 2 is 0.804 bits per heavy atom. The third kappa shape index (κ3) is 34.3. The van der Waals surface area contributed by atoms with Crippen molar-refractivity contribution in [1.82, 2.24) is 45.2 Å². The zero-order valence-corrected chi connectivity index (χ0v) is 66.3. The molecule has 9 heterocycles. The van der Waals surface area contributed by atoms with Crippen LogP contribution in [-0.2, 0) is 38.2 Å². The number of pyridine rings is 3. The number of anilines is 6. The number of aromatic nitrogens is 8. The third-order valence-electron chi connectivity index (χ3n) is 16.5. The van der Waals surface area contributed by atoms with Crippen molar-refractivity contribution in [3.05, 3.63) is 132 Å². The Hall–Kier alpha value is -5.54. The van der Waals surface area contributed by atoms with Crippen molar-refractivity contribution in [2.24, 2.45) is 11.5 Å². The van der Waals surface area contributed by atoms with Crippen LogP contribution in [0.1, 0.15) is 197 Å². The van der Waals surface area contributed by atoms with Gasteiger partial charge in [0.2, 0.25) is 0 Å². The first-order valence-electron chi connectivity index (χ1n) is 34.0. The Bertz CT molecular complexity index is 3810. The highest BCUT2D eigenvalue weighted by molar-refractivity contribution is 9.11. The van der Waals surface area contributed by atoms with E-state index in [0.29, 0.717) is 59.6 Å². The molecule has 38 heteroatoms. The van der Waals surface area contributed by atoms with Crippen LogP contribution in [0.25, 0.3) is 0 Å². The number of alkyl halides is 9. The van der Waals surface area contributed by atoms with Crippen molar-refractivity contribution in [2.75, 3.05) is 45.0 Å². The summed E-state index contributed by atoms with van der Waals surface area (Å²) in [5, 5.41) is 42.1. The van der Waals surface area contributed by atoms with Gasteiger partial charge in [-0.1, -0.05) is 149 Å². The van der Waals surface area contributed by atoms with Gasteiger partial charge in [-0.3, -0.25) is 0 Å². The molecule has 1 atom stereocenters. The minimum Gasteiger partial charge on any atom is -0.365 e. The van der Waals surface area contributed by atoms with Crippen molar-refractivity contribution in [1.29, 1.82) is 10.5 Å². The molecule has 5 aliphatic rings. The number of halogens is 14. The van der Waals surface area contributed by atoms with E-state index < -0.39 is 50.3 Å². The minimum atomic E-state index is -4.51. The molecule has 19 nitrogen and oxygen atoms in total. The lowest BCUT2D eigenvalue weighted by atomic mass is 9.96. The van der Waals surface area contributed by atoms with Gasteiger partial charge in [0.25, 0.3) is 0 Å². The van der Waals surface area contributed by atoms with Crippen molar-refractivity contribution in [2.45, 2.75) is 224 Å². The molecule has 11 N–H and O–H groups in total. The normalized spacial score (nSPS) is 16.3. The maximum atomic E-state index is 12.9. The van der Waals surface area contributed by atoms with E-state index in [-0.39, 0.29) is 31.1 Å². The number of thiazole rings is 5. The smallest absolute Gasteiger partial charge is 0.365 e. The van der Waals surface area contributed by atoms with Gasteiger partial charge in [-0.15, -0.1) is 34.0 Å². The van der Waals surface area contributed by atoms with Crippen LogP contribution in [0.15, 0.2) is 76.3 Å². The van der Waals surface area contributed by atoms with E-state index in [1.54, 1.807) is 29.9 Å². The maximum absolute atomic E-state index is 12.9. The highest BCUT2D eigenvalue weighted by atomic mass is 79.9. The Kier molecular flexibility index (Phi) is 41.0. The standard InChI is InChI=1S/C16H18ClF3N4S.C15H17ClF3N5S.C10H17N3S.C10H13N3S.C6H2BrClF3N.C6H13N.C4HBrN2S.2CH4/c17-13-9-22-14(6-12(13)16(18,19)20)21-7-11-8-23-15(25-11)24-10-4-2-1-3-5-10;16-12-8-22-13(4-11(12)15(17,18)19)21-6-10-7-23-14(25-10)24-9-2-1-3-20-5-9;2*11-6-9-7-12-10(14-9)13-8-4-2-1-3-5-8;7-5-1-3(6(9,10)11)4(8)2-12-5;7-6-4-2-1-3-5-6;5-4-7-2-3(1-6)8-4;;/h6,8-10H,1-5,7H2,(H,21,22)(H,23,24);4,7-9,20H,1-3,5-6H2,(H,21,22)(H,23,24);7-8H,1-6,11H2,(H,12,13);7-8H,1-5H2,(H,12,13);1-2H;6H,1-5,7H2;2H;2*1H4/t;9-;;;;;;;/m.1......./s1. The van der Waals surface area contributed by atoms with Crippen LogP contribution in [0.2, 0.25) is 15.1 Å². The molecule has 0 bridgehead atoms. The summed E-state index contributed by atoms with van der Waals surface area (Å²) < 4.78 is 114. The number of nitriles is 2. The van der Waals surface area contributed by atoms with E-state index in [1.807, 2.05) is 12.3 Å². The van der Waals surface area contributed by atoms with Crippen molar-refractivity contribution < 1.29 is 39.5 Å². The Labute approximate surface area is 670 Å². The molecule has 0 spiro atoms. The van der Waals surface area contributed by atoms with Gasteiger partial charge >= 0.3 is 18.5 Å². The summed E-state index contributed by atoms with van der Waals surface area (Å²) in [7, 11) is 0. The topological polar surface area (TPSA) is 287 Å². The van der Waals surface area contributed by atoms with Gasteiger partial charge < -0.3 is 48.7 Å². The van der Waals surface area contributed by atoms with E-state index in [4.69, 9.17) is 56.8 Å². The van der Waals surface area contributed by atoms with E-state index in [0.717, 1.165) is 115 Å². The van der Waals surface area contributed by atoms with Crippen molar-refractivity contribution in [3.8, 4) is 12.1 Å². The molecule has 8 aromatic heterocycles. The lowest BCUT2D eigenvalue weighted by Crippen LogP contribution is -2.38. The third-order valence-corrected chi connectivity index (χ3v) is 22.8. The van der Waals surface area contributed by atoms with E-state index in [2.05, 4.69) is 115 Å². The lowest BCUT2D eigenvalue weighted by molar-refractivity contribution is -0.138. The summed E-state index contributed by atoms with van der Waals surface area (Å²) in [5.74, 6) is 0.253. The first-order chi connectivity index (χ1) is 50.2. The van der Waals surface area contributed by atoms with Gasteiger partial charge in [0.1, 0.15) is 38.1 Å². The molecule has 0 aromatic carbocycles. The highest BCUT2D eigenvalue weighted by Gasteiger charge is 2.36. The second-order valence-electron chi connectivity index (χ2n) is 24.6. The highest BCUT2D eigenvalue weighted by Crippen LogP contribution is 2.39. The Morgan fingerprint density at radius 3 is 1.14 bits per heavy atom. The molecule has 1 aliphatic heterocycles. The summed E-state index contributed by atoms with van der Waals surface area (Å²) in [6, 6.07) is 9.31. The first-order valence-corrected chi connectivity index (χ1v) is 40.8. The first kappa shape index (κ1) is 92.1. The molecule has 5 fully saturated rings. The van der Waals surface area contributed by atoms with E-state index >= 15 is 0 Å². The minimum absolute atomic E-state index is 0.